The Hall–Kier alpha value is -1.34. The molecule has 3 rings (SSSR count). The van der Waals surface area contributed by atoms with Gasteiger partial charge in [-0.15, -0.1) is 0 Å². The third-order valence-electron chi connectivity index (χ3n) is 3.76. The van der Waals surface area contributed by atoms with Crippen molar-refractivity contribution in [2.75, 3.05) is 13.1 Å². The zero-order valence-corrected chi connectivity index (χ0v) is 17.0. The summed E-state index contributed by atoms with van der Waals surface area (Å²) >= 11 is 7.06. The predicted molar refractivity (Wildman–Crippen MR) is 102 cm³/mol. The number of nitrogens with one attached hydrogen (secondary N) is 1. The highest BCUT2D eigenvalue weighted by Gasteiger charge is 2.25. The molecule has 5 nitrogen and oxygen atoms in total. The molecule has 1 aliphatic heterocycles. The van der Waals surface area contributed by atoms with Gasteiger partial charge in [0.25, 0.3) is 0 Å². The van der Waals surface area contributed by atoms with Crippen molar-refractivity contribution in [3.63, 3.8) is 0 Å². The van der Waals surface area contributed by atoms with Crippen molar-refractivity contribution in [3.8, 4) is 0 Å². The highest BCUT2D eigenvalue weighted by atomic mass is 79.9. The van der Waals surface area contributed by atoms with Crippen molar-refractivity contribution >= 4 is 54.4 Å². The van der Waals surface area contributed by atoms with Gasteiger partial charge in [-0.3, -0.25) is 5.10 Å². The molecular formula is C17H19Br2N3O2. The summed E-state index contributed by atoms with van der Waals surface area (Å²) in [5, 5.41) is 8.59. The molecule has 0 aliphatic carbocycles. The summed E-state index contributed by atoms with van der Waals surface area (Å²) in [5.74, 6) is 0. The second-order valence-corrected chi connectivity index (χ2v) is 8.56. The summed E-state index contributed by atoms with van der Waals surface area (Å²) in [7, 11) is 0. The lowest BCUT2D eigenvalue weighted by Crippen LogP contribution is -2.39. The summed E-state index contributed by atoms with van der Waals surface area (Å²) in [6.45, 7) is 6.81. The summed E-state index contributed by atoms with van der Waals surface area (Å²) < 4.78 is 7.37. The van der Waals surface area contributed by atoms with Crippen LogP contribution in [0.4, 0.5) is 4.79 Å². The number of carbonyl (C=O) groups excluding carboxylic acids is 1. The van der Waals surface area contributed by atoms with E-state index in [1.54, 1.807) is 4.90 Å². The van der Waals surface area contributed by atoms with Gasteiger partial charge >= 0.3 is 6.09 Å². The Kier molecular flexibility index (Phi) is 4.75. The minimum atomic E-state index is -0.473. The minimum Gasteiger partial charge on any atom is -0.444 e. The molecule has 0 saturated carbocycles. The zero-order chi connectivity index (χ0) is 17.5. The zero-order valence-electron chi connectivity index (χ0n) is 13.8. The summed E-state index contributed by atoms with van der Waals surface area (Å²) in [6.07, 6.45) is 2.56. The van der Waals surface area contributed by atoms with Gasteiger partial charge in [0.15, 0.2) is 0 Å². The molecule has 0 fully saturated rings. The van der Waals surface area contributed by atoms with Crippen LogP contribution >= 0.6 is 31.9 Å². The second-order valence-electron chi connectivity index (χ2n) is 6.79. The molecular weight excluding hydrogens is 438 g/mol. The maximum atomic E-state index is 12.2. The number of benzene rings is 1. The van der Waals surface area contributed by atoms with Crippen molar-refractivity contribution in [1.29, 1.82) is 0 Å². The quantitative estimate of drug-likeness (QED) is 0.648. The third kappa shape index (κ3) is 3.67. The van der Waals surface area contributed by atoms with Crippen LogP contribution in [0, 0.1) is 0 Å². The molecule has 0 bridgehead atoms. The molecule has 7 heteroatoms. The number of aromatic amines is 1. The number of ether oxygens (including phenoxy) is 1. The topological polar surface area (TPSA) is 58.2 Å². The molecule has 0 atom stereocenters. The minimum absolute atomic E-state index is 0.266. The maximum absolute atomic E-state index is 12.2. The summed E-state index contributed by atoms with van der Waals surface area (Å²) in [6, 6.07) is 4.03. The fourth-order valence-electron chi connectivity index (χ4n) is 2.68. The van der Waals surface area contributed by atoms with E-state index in [-0.39, 0.29) is 6.09 Å². The highest BCUT2D eigenvalue weighted by molar-refractivity contribution is 9.11. The largest absolute Gasteiger partial charge is 0.444 e. The van der Waals surface area contributed by atoms with E-state index in [0.717, 1.165) is 32.0 Å². The van der Waals surface area contributed by atoms with Crippen molar-refractivity contribution in [3.05, 3.63) is 32.8 Å². The Morgan fingerprint density at radius 1 is 1.33 bits per heavy atom. The standard InChI is InChI=1S/C17H19Br2N3O2/c1-17(2,3)24-16(23)22-6-4-10(5-7-22)14-12-8-11(18)9-13(19)15(12)21-20-14/h4,8-9H,5-7H2,1-3H3,(H,20,21). The first kappa shape index (κ1) is 17.5. The molecule has 1 aromatic heterocycles. The van der Waals surface area contributed by atoms with Crippen LogP contribution in [0.1, 0.15) is 32.9 Å². The van der Waals surface area contributed by atoms with E-state index in [1.165, 1.54) is 5.57 Å². The number of halogens is 2. The number of fused-ring (bicyclic) bond motifs is 1. The van der Waals surface area contributed by atoms with Crippen LogP contribution < -0.4 is 0 Å². The maximum Gasteiger partial charge on any atom is 0.410 e. The van der Waals surface area contributed by atoms with Crippen LogP contribution in [0.15, 0.2) is 27.2 Å². The second kappa shape index (κ2) is 6.52. The number of amides is 1. The highest BCUT2D eigenvalue weighted by Crippen LogP contribution is 2.33. The van der Waals surface area contributed by atoms with Crippen LogP contribution in [-0.2, 0) is 4.74 Å². The van der Waals surface area contributed by atoms with Gasteiger partial charge in [-0.2, -0.15) is 5.10 Å². The number of H-pyrrole nitrogens is 1. The smallest absolute Gasteiger partial charge is 0.410 e. The first-order valence-corrected chi connectivity index (χ1v) is 9.33. The first-order valence-electron chi connectivity index (χ1n) is 7.75. The number of nitrogens with zero attached hydrogens (tertiary/aromatic N) is 2. The number of rotatable bonds is 1. The molecule has 2 heterocycles. The lowest BCUT2D eigenvalue weighted by atomic mass is 10.0. The van der Waals surface area contributed by atoms with Crippen LogP contribution in [0.25, 0.3) is 16.5 Å². The van der Waals surface area contributed by atoms with E-state index in [0.29, 0.717) is 13.1 Å². The van der Waals surface area contributed by atoms with Gasteiger partial charge in [0, 0.05) is 27.4 Å². The Labute approximate surface area is 157 Å². The molecule has 24 heavy (non-hydrogen) atoms. The SMILES string of the molecule is CC(C)(C)OC(=O)N1CC=C(c2[nH]nc3c(Br)cc(Br)cc23)CC1. The first-order chi connectivity index (χ1) is 11.2. The van der Waals surface area contributed by atoms with Gasteiger partial charge in [0.2, 0.25) is 0 Å². The van der Waals surface area contributed by atoms with E-state index in [9.17, 15) is 4.79 Å². The molecule has 1 N–H and O–H groups in total. The fourth-order valence-corrected chi connectivity index (χ4v) is 3.99. The van der Waals surface area contributed by atoms with E-state index in [2.05, 4.69) is 54.2 Å². The molecule has 1 aromatic carbocycles. The molecule has 0 spiro atoms. The third-order valence-corrected chi connectivity index (χ3v) is 4.82. The van der Waals surface area contributed by atoms with Gasteiger partial charge in [0.1, 0.15) is 11.1 Å². The molecule has 0 radical (unpaired) electrons. The van der Waals surface area contributed by atoms with Gasteiger partial charge in [0.05, 0.1) is 5.69 Å². The van der Waals surface area contributed by atoms with Gasteiger partial charge in [-0.25, -0.2) is 4.79 Å². The molecule has 1 amide bonds. The van der Waals surface area contributed by atoms with E-state index in [1.807, 2.05) is 26.8 Å². The Bertz CT molecular complexity index is 821. The van der Waals surface area contributed by atoms with Gasteiger partial charge in [-0.05, 0) is 60.8 Å². The lowest BCUT2D eigenvalue weighted by Gasteiger charge is -2.29. The molecule has 0 unspecified atom stereocenters. The Morgan fingerprint density at radius 3 is 2.71 bits per heavy atom. The monoisotopic (exact) mass is 455 g/mol. The average Bonchev–Trinajstić information content (AvgIpc) is 2.89. The number of aromatic nitrogens is 2. The van der Waals surface area contributed by atoms with E-state index in [4.69, 9.17) is 4.74 Å². The fraction of sp³-hybridized carbons (Fsp3) is 0.412. The molecule has 0 saturated heterocycles. The van der Waals surface area contributed by atoms with Crippen molar-refractivity contribution < 1.29 is 9.53 Å². The van der Waals surface area contributed by atoms with Crippen LogP contribution in [0.5, 0.6) is 0 Å². The number of hydrogen-bond donors (Lipinski definition) is 1. The van der Waals surface area contributed by atoms with Crippen molar-refractivity contribution in [2.45, 2.75) is 32.8 Å². The summed E-state index contributed by atoms with van der Waals surface area (Å²) in [4.78, 5) is 13.9. The normalized spacial score (nSPS) is 15.5. The molecule has 2 aromatic rings. The molecule has 128 valence electrons. The van der Waals surface area contributed by atoms with Gasteiger partial charge < -0.3 is 9.64 Å². The Balaban J connectivity index is 1.82. The predicted octanol–water partition coefficient (Wildman–Crippen LogP) is 5.11. The van der Waals surface area contributed by atoms with E-state index < -0.39 is 5.60 Å². The van der Waals surface area contributed by atoms with Crippen molar-refractivity contribution in [1.82, 2.24) is 15.1 Å². The van der Waals surface area contributed by atoms with Crippen LogP contribution in [-0.4, -0.2) is 39.9 Å². The van der Waals surface area contributed by atoms with E-state index >= 15 is 0 Å². The van der Waals surface area contributed by atoms with Crippen LogP contribution in [0.2, 0.25) is 0 Å². The van der Waals surface area contributed by atoms with Crippen molar-refractivity contribution in [2.24, 2.45) is 0 Å². The Morgan fingerprint density at radius 2 is 2.08 bits per heavy atom. The number of carbonyl (C=O) groups is 1. The molecule has 1 aliphatic rings. The average molecular weight is 457 g/mol. The lowest BCUT2D eigenvalue weighted by molar-refractivity contribution is 0.0270. The van der Waals surface area contributed by atoms with Crippen LogP contribution in [0.3, 0.4) is 0 Å². The number of hydrogen-bond acceptors (Lipinski definition) is 3. The van der Waals surface area contributed by atoms with Gasteiger partial charge in [-0.1, -0.05) is 22.0 Å². The summed E-state index contributed by atoms with van der Waals surface area (Å²) in [5.41, 5.74) is 2.61.